The molecule has 1 aromatic rings. The van der Waals surface area contributed by atoms with Crippen molar-refractivity contribution in [3.63, 3.8) is 0 Å². The number of nitriles is 1. The standard InChI is InChI=1S/C19H23ClN2O4/c1-6-25-17-13(11(2)23)14(19(3,4)5)15(20)12(10-21)16(17)26-18(24)22-8-7-9-22/h6-9H2,1-5H3. The summed E-state index contributed by atoms with van der Waals surface area (Å²) >= 11 is 6.50. The molecule has 1 fully saturated rings. The molecule has 1 amide bonds. The molecule has 1 saturated heterocycles. The summed E-state index contributed by atoms with van der Waals surface area (Å²) in [4.78, 5) is 26.2. The van der Waals surface area contributed by atoms with Crippen molar-refractivity contribution in [2.45, 2.75) is 46.5 Å². The number of hydrogen-bond donors (Lipinski definition) is 0. The Morgan fingerprint density at radius 3 is 2.27 bits per heavy atom. The van der Waals surface area contributed by atoms with Crippen molar-refractivity contribution in [1.82, 2.24) is 4.90 Å². The molecule has 0 saturated carbocycles. The smallest absolute Gasteiger partial charge is 0.415 e. The lowest BCUT2D eigenvalue weighted by molar-refractivity contribution is 0.100. The zero-order chi connectivity index (χ0) is 19.6. The molecule has 140 valence electrons. The van der Waals surface area contributed by atoms with E-state index in [0.717, 1.165) is 6.42 Å². The fourth-order valence-electron chi connectivity index (χ4n) is 2.85. The number of amides is 1. The Balaban J connectivity index is 2.78. The van der Waals surface area contributed by atoms with E-state index in [9.17, 15) is 14.9 Å². The number of Topliss-reactive ketones (excluding diaryl/α,β-unsaturated/α-hetero) is 1. The second-order valence-corrected chi connectivity index (χ2v) is 7.53. The molecular weight excluding hydrogens is 356 g/mol. The molecule has 1 aromatic carbocycles. The van der Waals surface area contributed by atoms with E-state index in [-0.39, 0.29) is 40.0 Å². The summed E-state index contributed by atoms with van der Waals surface area (Å²) in [6.45, 7) is 10.3. The van der Waals surface area contributed by atoms with Crippen molar-refractivity contribution >= 4 is 23.5 Å². The van der Waals surface area contributed by atoms with Gasteiger partial charge in [0, 0.05) is 13.1 Å². The number of ether oxygens (including phenoxy) is 2. The van der Waals surface area contributed by atoms with Gasteiger partial charge in [-0.25, -0.2) is 4.79 Å². The van der Waals surface area contributed by atoms with Gasteiger partial charge in [0.15, 0.2) is 17.3 Å². The Kier molecular flexibility index (Phi) is 5.82. The lowest BCUT2D eigenvalue weighted by Gasteiger charge is -2.31. The fourth-order valence-corrected chi connectivity index (χ4v) is 3.35. The Hall–Kier alpha value is -2.26. The monoisotopic (exact) mass is 378 g/mol. The lowest BCUT2D eigenvalue weighted by atomic mass is 9.81. The molecular formula is C19H23ClN2O4. The van der Waals surface area contributed by atoms with E-state index in [1.165, 1.54) is 11.8 Å². The number of benzene rings is 1. The third-order valence-electron chi connectivity index (χ3n) is 4.16. The molecule has 1 aliphatic heterocycles. The maximum Gasteiger partial charge on any atom is 0.415 e. The van der Waals surface area contributed by atoms with Crippen molar-refractivity contribution in [1.29, 1.82) is 5.26 Å². The maximum absolute atomic E-state index is 12.4. The van der Waals surface area contributed by atoms with E-state index in [1.54, 1.807) is 6.92 Å². The first-order valence-corrected chi connectivity index (χ1v) is 8.91. The molecule has 0 unspecified atom stereocenters. The first-order valence-electron chi connectivity index (χ1n) is 8.54. The zero-order valence-corrected chi connectivity index (χ0v) is 16.5. The van der Waals surface area contributed by atoms with Crippen LogP contribution in [0.1, 0.15) is 62.5 Å². The van der Waals surface area contributed by atoms with Gasteiger partial charge < -0.3 is 14.4 Å². The molecule has 1 aliphatic rings. The molecule has 0 aromatic heterocycles. The van der Waals surface area contributed by atoms with Crippen LogP contribution in [0.5, 0.6) is 11.5 Å². The Bertz CT molecular complexity index is 786. The second-order valence-electron chi connectivity index (χ2n) is 7.16. The summed E-state index contributed by atoms with van der Waals surface area (Å²) in [6.07, 6.45) is 0.323. The van der Waals surface area contributed by atoms with E-state index >= 15 is 0 Å². The summed E-state index contributed by atoms with van der Waals surface area (Å²) in [6, 6.07) is 2.00. The minimum Gasteiger partial charge on any atom is -0.489 e. The zero-order valence-electron chi connectivity index (χ0n) is 15.7. The predicted octanol–water partition coefficient (Wildman–Crippen LogP) is 4.31. The van der Waals surface area contributed by atoms with Crippen LogP contribution >= 0.6 is 11.6 Å². The van der Waals surface area contributed by atoms with Gasteiger partial charge >= 0.3 is 6.09 Å². The molecule has 1 heterocycles. The van der Waals surface area contributed by atoms with Crippen molar-refractivity contribution < 1.29 is 19.1 Å². The molecule has 26 heavy (non-hydrogen) atoms. The minimum absolute atomic E-state index is 0.00100. The summed E-state index contributed by atoms with van der Waals surface area (Å²) in [5.74, 6) is -0.264. The number of carbonyl (C=O) groups excluding carboxylic acids is 2. The van der Waals surface area contributed by atoms with Crippen LogP contribution in [-0.2, 0) is 5.41 Å². The highest BCUT2D eigenvalue weighted by molar-refractivity contribution is 6.33. The first-order chi connectivity index (χ1) is 12.1. The Morgan fingerprint density at radius 1 is 1.27 bits per heavy atom. The van der Waals surface area contributed by atoms with Gasteiger partial charge in [0.25, 0.3) is 0 Å². The largest absolute Gasteiger partial charge is 0.489 e. The first kappa shape index (κ1) is 20.1. The van der Waals surface area contributed by atoms with E-state index in [4.69, 9.17) is 21.1 Å². The molecule has 7 heteroatoms. The molecule has 0 N–H and O–H groups in total. The lowest BCUT2D eigenvalue weighted by Crippen LogP contribution is -2.43. The summed E-state index contributed by atoms with van der Waals surface area (Å²) in [7, 11) is 0. The summed E-state index contributed by atoms with van der Waals surface area (Å²) < 4.78 is 11.1. The van der Waals surface area contributed by atoms with Crippen LogP contribution in [-0.4, -0.2) is 36.5 Å². The van der Waals surface area contributed by atoms with Crippen molar-refractivity contribution in [2.24, 2.45) is 0 Å². The van der Waals surface area contributed by atoms with Gasteiger partial charge in [-0.2, -0.15) is 5.26 Å². The summed E-state index contributed by atoms with van der Waals surface area (Å²) in [5.41, 5.74) is 0.235. The number of halogens is 1. The van der Waals surface area contributed by atoms with Crippen molar-refractivity contribution in [3.05, 3.63) is 21.7 Å². The van der Waals surface area contributed by atoms with Gasteiger partial charge in [0.1, 0.15) is 11.6 Å². The quantitative estimate of drug-likeness (QED) is 0.729. The highest BCUT2D eigenvalue weighted by Gasteiger charge is 2.35. The van der Waals surface area contributed by atoms with Crippen LogP contribution in [0.2, 0.25) is 5.02 Å². The maximum atomic E-state index is 12.4. The number of carbonyl (C=O) groups is 2. The third kappa shape index (κ3) is 3.63. The minimum atomic E-state index is -0.581. The molecule has 0 aliphatic carbocycles. The number of likely N-dealkylation sites (tertiary alicyclic amines) is 1. The Morgan fingerprint density at radius 2 is 1.88 bits per heavy atom. The van der Waals surface area contributed by atoms with Gasteiger partial charge in [-0.1, -0.05) is 32.4 Å². The van der Waals surface area contributed by atoms with E-state index < -0.39 is 11.5 Å². The molecule has 0 spiro atoms. The van der Waals surface area contributed by atoms with Crippen LogP contribution < -0.4 is 9.47 Å². The average Bonchev–Trinajstić information content (AvgIpc) is 2.46. The fraction of sp³-hybridized carbons (Fsp3) is 0.526. The average molecular weight is 379 g/mol. The number of ketones is 1. The SMILES string of the molecule is CCOc1c(OC(=O)N2CCC2)c(C#N)c(Cl)c(C(C)(C)C)c1C(C)=O. The van der Waals surface area contributed by atoms with E-state index in [0.29, 0.717) is 18.7 Å². The van der Waals surface area contributed by atoms with E-state index in [2.05, 4.69) is 0 Å². The van der Waals surface area contributed by atoms with Gasteiger partial charge in [-0.05, 0) is 31.2 Å². The van der Waals surface area contributed by atoms with Crippen LogP contribution in [0.3, 0.4) is 0 Å². The van der Waals surface area contributed by atoms with Crippen molar-refractivity contribution in [2.75, 3.05) is 19.7 Å². The normalized spacial score (nSPS) is 13.7. The Labute approximate surface area is 158 Å². The number of hydrogen-bond acceptors (Lipinski definition) is 5. The molecule has 0 atom stereocenters. The molecule has 2 rings (SSSR count). The second kappa shape index (κ2) is 7.55. The van der Waals surface area contributed by atoms with Crippen molar-refractivity contribution in [3.8, 4) is 17.6 Å². The van der Waals surface area contributed by atoms with Gasteiger partial charge in [0.05, 0.1) is 17.2 Å². The van der Waals surface area contributed by atoms with E-state index in [1.807, 2.05) is 26.8 Å². The van der Waals surface area contributed by atoms with Gasteiger partial charge in [-0.15, -0.1) is 0 Å². The summed E-state index contributed by atoms with van der Waals surface area (Å²) in [5, 5.41) is 9.77. The van der Waals surface area contributed by atoms with Crippen LogP contribution in [0, 0.1) is 11.3 Å². The number of rotatable bonds is 4. The topological polar surface area (TPSA) is 79.6 Å². The predicted molar refractivity (Wildman–Crippen MR) is 98.3 cm³/mol. The van der Waals surface area contributed by atoms with Crippen LogP contribution in [0.25, 0.3) is 0 Å². The van der Waals surface area contributed by atoms with Crippen LogP contribution in [0.4, 0.5) is 4.79 Å². The highest BCUT2D eigenvalue weighted by Crippen LogP contribution is 2.47. The molecule has 0 bridgehead atoms. The molecule has 0 radical (unpaired) electrons. The van der Waals surface area contributed by atoms with Gasteiger partial charge in [-0.3, -0.25) is 4.79 Å². The number of nitrogens with zero attached hydrogens (tertiary/aromatic N) is 2. The molecule has 6 nitrogen and oxygen atoms in total. The highest BCUT2D eigenvalue weighted by atomic mass is 35.5. The third-order valence-corrected chi connectivity index (χ3v) is 4.53. The van der Waals surface area contributed by atoms with Crippen LogP contribution in [0.15, 0.2) is 0 Å². The van der Waals surface area contributed by atoms with Gasteiger partial charge in [0.2, 0.25) is 0 Å².